The molecular weight excluding hydrogens is 382 g/mol. The summed E-state index contributed by atoms with van der Waals surface area (Å²) in [4.78, 5) is 26.4. The van der Waals surface area contributed by atoms with Crippen molar-refractivity contribution in [2.75, 3.05) is 13.2 Å². The molecule has 1 aliphatic heterocycles. The van der Waals surface area contributed by atoms with Crippen LogP contribution in [0, 0.1) is 13.8 Å². The number of carbonyl (C=O) groups is 2. The third-order valence-electron chi connectivity index (χ3n) is 4.85. The first kappa shape index (κ1) is 20.6. The number of carbonyl (C=O) groups excluding carboxylic acids is 2. The van der Waals surface area contributed by atoms with E-state index in [1.807, 2.05) is 32.0 Å². The van der Waals surface area contributed by atoms with Crippen LogP contribution in [-0.4, -0.2) is 36.6 Å². The molecular formula is C21H22F2N2O4. The molecule has 0 saturated carbocycles. The van der Waals surface area contributed by atoms with Crippen LogP contribution in [0.1, 0.15) is 23.6 Å². The van der Waals surface area contributed by atoms with Crippen LogP contribution >= 0.6 is 0 Å². The van der Waals surface area contributed by atoms with Gasteiger partial charge in [-0.1, -0.05) is 24.3 Å². The summed E-state index contributed by atoms with van der Waals surface area (Å²) in [6.07, 6.45) is 0. The van der Waals surface area contributed by atoms with E-state index in [4.69, 9.17) is 4.74 Å². The Hall–Kier alpha value is -3.16. The van der Waals surface area contributed by atoms with E-state index in [1.54, 1.807) is 6.92 Å². The number of hydrogen-bond acceptors (Lipinski definition) is 4. The van der Waals surface area contributed by atoms with E-state index < -0.39 is 24.1 Å². The lowest BCUT2D eigenvalue weighted by molar-refractivity contribution is -0.131. The number of rotatable bonds is 7. The molecule has 3 rings (SSSR count). The van der Waals surface area contributed by atoms with E-state index in [0.717, 1.165) is 16.0 Å². The Morgan fingerprint density at radius 2 is 1.79 bits per heavy atom. The standard InChI is InChI=1S/C21H22F2N2O4/c1-13-4-5-14(2)17(12-13)28-11-10-25-18(26)21(3,24-20(25)27)15-6-8-16(9-7-15)29-19(22)23/h4-9,12,19H,10-11H2,1-3H3,(H,24,27). The Labute approximate surface area is 167 Å². The van der Waals surface area contributed by atoms with Crippen molar-refractivity contribution < 1.29 is 27.8 Å². The number of amides is 3. The molecule has 0 radical (unpaired) electrons. The Morgan fingerprint density at radius 1 is 1.10 bits per heavy atom. The lowest BCUT2D eigenvalue weighted by atomic mass is 9.92. The van der Waals surface area contributed by atoms with Gasteiger partial charge in [-0.15, -0.1) is 0 Å². The third kappa shape index (κ3) is 4.31. The van der Waals surface area contributed by atoms with Crippen molar-refractivity contribution in [2.24, 2.45) is 0 Å². The number of ether oxygens (including phenoxy) is 2. The van der Waals surface area contributed by atoms with Crippen molar-refractivity contribution in [3.05, 3.63) is 59.2 Å². The highest BCUT2D eigenvalue weighted by Crippen LogP contribution is 2.30. The largest absolute Gasteiger partial charge is 0.491 e. The molecule has 2 aromatic carbocycles. The predicted molar refractivity (Wildman–Crippen MR) is 102 cm³/mol. The van der Waals surface area contributed by atoms with Crippen molar-refractivity contribution in [3.63, 3.8) is 0 Å². The van der Waals surface area contributed by atoms with Crippen LogP contribution in [0.3, 0.4) is 0 Å². The molecule has 1 atom stereocenters. The van der Waals surface area contributed by atoms with Crippen LogP contribution in [0.5, 0.6) is 11.5 Å². The zero-order valence-corrected chi connectivity index (χ0v) is 16.4. The summed E-state index contributed by atoms with van der Waals surface area (Å²) in [5.41, 5.74) is 1.19. The average molecular weight is 404 g/mol. The maximum absolute atomic E-state index is 12.9. The highest BCUT2D eigenvalue weighted by atomic mass is 19.3. The van der Waals surface area contributed by atoms with Gasteiger partial charge in [0.05, 0.1) is 6.54 Å². The molecule has 2 aromatic rings. The average Bonchev–Trinajstić information content (AvgIpc) is 2.88. The Balaban J connectivity index is 1.67. The smallest absolute Gasteiger partial charge is 0.387 e. The number of nitrogens with zero attached hydrogens (tertiary/aromatic N) is 1. The number of aryl methyl sites for hydroxylation is 2. The zero-order chi connectivity index (χ0) is 21.2. The van der Waals surface area contributed by atoms with E-state index in [0.29, 0.717) is 11.3 Å². The summed E-state index contributed by atoms with van der Waals surface area (Å²) in [5.74, 6) is 0.243. The van der Waals surface area contributed by atoms with Crippen LogP contribution in [-0.2, 0) is 10.3 Å². The normalized spacial score (nSPS) is 18.9. The number of urea groups is 1. The van der Waals surface area contributed by atoms with Gasteiger partial charge in [0.1, 0.15) is 23.6 Å². The van der Waals surface area contributed by atoms with Crippen molar-refractivity contribution in [3.8, 4) is 11.5 Å². The van der Waals surface area contributed by atoms with Gasteiger partial charge in [0.25, 0.3) is 5.91 Å². The highest BCUT2D eigenvalue weighted by Gasteiger charge is 2.48. The van der Waals surface area contributed by atoms with Gasteiger partial charge in [0, 0.05) is 0 Å². The molecule has 0 aliphatic carbocycles. The monoisotopic (exact) mass is 404 g/mol. The van der Waals surface area contributed by atoms with Crippen LogP contribution in [0.4, 0.5) is 13.6 Å². The van der Waals surface area contributed by atoms with E-state index in [1.165, 1.54) is 24.3 Å². The van der Waals surface area contributed by atoms with Gasteiger partial charge in [-0.25, -0.2) is 4.79 Å². The highest BCUT2D eigenvalue weighted by molar-refractivity contribution is 6.07. The summed E-state index contributed by atoms with van der Waals surface area (Å²) >= 11 is 0. The fourth-order valence-corrected chi connectivity index (χ4v) is 3.18. The fraction of sp³-hybridized carbons (Fsp3) is 0.333. The lowest BCUT2D eigenvalue weighted by Crippen LogP contribution is -2.41. The Bertz CT molecular complexity index is 917. The summed E-state index contributed by atoms with van der Waals surface area (Å²) in [7, 11) is 0. The number of halogens is 2. The molecule has 0 bridgehead atoms. The molecule has 1 N–H and O–H groups in total. The SMILES string of the molecule is Cc1ccc(C)c(OCCN2C(=O)NC(C)(c3ccc(OC(F)F)cc3)C2=O)c1. The van der Waals surface area contributed by atoms with Gasteiger partial charge in [-0.2, -0.15) is 8.78 Å². The third-order valence-corrected chi connectivity index (χ3v) is 4.85. The number of hydrogen-bond donors (Lipinski definition) is 1. The summed E-state index contributed by atoms with van der Waals surface area (Å²) in [5, 5.41) is 2.67. The molecule has 6 nitrogen and oxygen atoms in total. The van der Waals surface area contributed by atoms with E-state index in [2.05, 4.69) is 10.1 Å². The predicted octanol–water partition coefficient (Wildman–Crippen LogP) is 3.75. The molecule has 1 unspecified atom stereocenters. The van der Waals surface area contributed by atoms with E-state index in [9.17, 15) is 18.4 Å². The first-order valence-corrected chi connectivity index (χ1v) is 9.10. The number of alkyl halides is 2. The van der Waals surface area contributed by atoms with Gasteiger partial charge < -0.3 is 14.8 Å². The van der Waals surface area contributed by atoms with Gasteiger partial charge in [0.15, 0.2) is 0 Å². The second-order valence-corrected chi connectivity index (χ2v) is 7.03. The van der Waals surface area contributed by atoms with Crippen molar-refractivity contribution in [1.29, 1.82) is 0 Å². The molecule has 0 spiro atoms. The van der Waals surface area contributed by atoms with Gasteiger partial charge in [-0.3, -0.25) is 9.69 Å². The maximum atomic E-state index is 12.9. The number of imide groups is 1. The summed E-state index contributed by atoms with van der Waals surface area (Å²) < 4.78 is 34.7. The quantitative estimate of drug-likeness (QED) is 0.714. The first-order valence-electron chi connectivity index (χ1n) is 9.10. The fourth-order valence-electron chi connectivity index (χ4n) is 3.18. The molecule has 1 heterocycles. The van der Waals surface area contributed by atoms with Crippen LogP contribution < -0.4 is 14.8 Å². The van der Waals surface area contributed by atoms with Crippen molar-refractivity contribution in [2.45, 2.75) is 32.9 Å². The summed E-state index contributed by atoms with van der Waals surface area (Å²) in [6, 6.07) is 10.9. The topological polar surface area (TPSA) is 67.9 Å². The zero-order valence-electron chi connectivity index (χ0n) is 16.4. The minimum atomic E-state index is -2.93. The molecule has 1 fully saturated rings. The Morgan fingerprint density at radius 3 is 2.45 bits per heavy atom. The van der Waals surface area contributed by atoms with Crippen molar-refractivity contribution >= 4 is 11.9 Å². The molecule has 1 saturated heterocycles. The second-order valence-electron chi connectivity index (χ2n) is 7.03. The Kier molecular flexibility index (Phi) is 5.72. The summed E-state index contributed by atoms with van der Waals surface area (Å²) in [6.45, 7) is 2.74. The second kappa shape index (κ2) is 8.06. The lowest BCUT2D eigenvalue weighted by Gasteiger charge is -2.22. The molecule has 3 amide bonds. The van der Waals surface area contributed by atoms with Crippen molar-refractivity contribution in [1.82, 2.24) is 10.2 Å². The maximum Gasteiger partial charge on any atom is 0.387 e. The molecule has 8 heteroatoms. The van der Waals surface area contributed by atoms with Gasteiger partial charge in [0.2, 0.25) is 0 Å². The minimum Gasteiger partial charge on any atom is -0.491 e. The van der Waals surface area contributed by atoms with Gasteiger partial charge in [-0.05, 0) is 55.7 Å². The molecule has 1 aliphatic rings. The van der Waals surface area contributed by atoms with E-state index in [-0.39, 0.29) is 18.9 Å². The van der Waals surface area contributed by atoms with E-state index >= 15 is 0 Å². The van der Waals surface area contributed by atoms with Crippen LogP contribution in [0.2, 0.25) is 0 Å². The van der Waals surface area contributed by atoms with Crippen LogP contribution in [0.25, 0.3) is 0 Å². The minimum absolute atomic E-state index is 0.0251. The molecule has 0 aromatic heterocycles. The number of benzene rings is 2. The number of nitrogens with one attached hydrogen (secondary N) is 1. The first-order chi connectivity index (χ1) is 13.7. The molecule has 29 heavy (non-hydrogen) atoms. The van der Waals surface area contributed by atoms with Gasteiger partial charge >= 0.3 is 12.6 Å². The van der Waals surface area contributed by atoms with Crippen LogP contribution in [0.15, 0.2) is 42.5 Å². The molecule has 154 valence electrons.